The zero-order chi connectivity index (χ0) is 20.5. The first-order valence-electron chi connectivity index (χ1n) is 8.84. The van der Waals surface area contributed by atoms with Gasteiger partial charge in [0.2, 0.25) is 0 Å². The molecule has 2 heterocycles. The van der Waals surface area contributed by atoms with E-state index >= 15 is 0 Å². The molecular weight excluding hydrogens is 395 g/mol. The van der Waals surface area contributed by atoms with Gasteiger partial charge in [-0.25, -0.2) is 9.18 Å². The van der Waals surface area contributed by atoms with Gasteiger partial charge < -0.3 is 15.1 Å². The van der Waals surface area contributed by atoms with Crippen LogP contribution in [0.5, 0.6) is 0 Å². The van der Waals surface area contributed by atoms with E-state index in [0.717, 1.165) is 0 Å². The Morgan fingerprint density at radius 2 is 1.72 bits per heavy atom. The molecule has 0 bridgehead atoms. The van der Waals surface area contributed by atoms with Crippen molar-refractivity contribution in [2.24, 2.45) is 5.92 Å². The first-order chi connectivity index (χ1) is 13.9. The van der Waals surface area contributed by atoms with Crippen molar-refractivity contribution >= 4 is 23.4 Å². The summed E-state index contributed by atoms with van der Waals surface area (Å²) in [7, 11) is 0. The van der Waals surface area contributed by atoms with Crippen molar-refractivity contribution in [3.63, 3.8) is 0 Å². The van der Waals surface area contributed by atoms with E-state index in [0.29, 0.717) is 27.7 Å². The van der Waals surface area contributed by atoms with Crippen molar-refractivity contribution in [2.75, 3.05) is 0 Å². The van der Waals surface area contributed by atoms with E-state index in [1.807, 2.05) is 0 Å². The van der Waals surface area contributed by atoms with Crippen molar-refractivity contribution in [3.05, 3.63) is 95.1 Å². The van der Waals surface area contributed by atoms with Crippen LogP contribution < -0.4 is 10.6 Å². The van der Waals surface area contributed by atoms with Gasteiger partial charge in [-0.15, -0.1) is 0 Å². The highest BCUT2D eigenvalue weighted by molar-refractivity contribution is 6.30. The summed E-state index contributed by atoms with van der Waals surface area (Å²) in [6.45, 7) is 3.86. The summed E-state index contributed by atoms with van der Waals surface area (Å²) in [6, 6.07) is 14.5. The Kier molecular flexibility index (Phi) is 4.94. The molecule has 2 atom stereocenters. The summed E-state index contributed by atoms with van der Waals surface area (Å²) in [5, 5.41) is 5.81. The molecule has 0 radical (unpaired) electrons. The summed E-state index contributed by atoms with van der Waals surface area (Å²) < 4.78 is 19.1. The number of Topliss-reactive ketones (excluding diaryl/α,β-unsaturated/α-hetero) is 1. The van der Waals surface area contributed by atoms with Crippen LogP contribution in [0.4, 0.5) is 9.18 Å². The van der Waals surface area contributed by atoms with Gasteiger partial charge in [-0.05, 0) is 60.7 Å². The zero-order valence-electron chi connectivity index (χ0n) is 15.1. The maximum Gasteiger partial charge on any atom is 0.319 e. The van der Waals surface area contributed by atoms with E-state index in [4.69, 9.17) is 16.0 Å². The van der Waals surface area contributed by atoms with E-state index in [1.54, 1.807) is 48.5 Å². The molecule has 146 valence electrons. The molecule has 2 N–H and O–H groups in total. The number of hydrogen-bond acceptors (Lipinski definition) is 3. The Balaban J connectivity index is 1.68. The highest BCUT2D eigenvalue weighted by Gasteiger charge is 2.39. The molecule has 1 aromatic heterocycles. The van der Waals surface area contributed by atoms with Crippen LogP contribution >= 0.6 is 11.6 Å². The number of nitrogens with one attached hydrogen (secondary N) is 2. The number of ketones is 1. The largest absolute Gasteiger partial charge is 0.459 e. The topological polar surface area (TPSA) is 71.3 Å². The second-order valence-electron chi connectivity index (χ2n) is 6.66. The molecule has 2 aromatic carbocycles. The van der Waals surface area contributed by atoms with E-state index in [9.17, 15) is 14.0 Å². The van der Waals surface area contributed by atoms with E-state index in [2.05, 4.69) is 17.2 Å². The second kappa shape index (κ2) is 7.56. The number of rotatable bonds is 4. The molecule has 3 aromatic rings. The Labute approximate surface area is 171 Å². The van der Waals surface area contributed by atoms with Crippen LogP contribution in [0, 0.1) is 11.7 Å². The standard InChI is InChI=1S/C22H16ClFN2O3/c1-12-19(21(27)14-2-6-15(23)7-3-14)20(26-22(28)25-12)18-11-10-17(29-18)13-4-8-16(24)9-5-13/h2-11,19-20H,1H2,(H2,25,26,28)/t19-,20-/m0/s1. The number of furan rings is 1. The maximum atomic E-state index is 13.2. The lowest BCUT2D eigenvalue weighted by Crippen LogP contribution is -2.50. The molecule has 0 spiro atoms. The number of hydrogen-bond donors (Lipinski definition) is 2. The summed E-state index contributed by atoms with van der Waals surface area (Å²) >= 11 is 5.91. The van der Waals surface area contributed by atoms with Gasteiger partial charge in [-0.1, -0.05) is 18.2 Å². The second-order valence-corrected chi connectivity index (χ2v) is 7.10. The van der Waals surface area contributed by atoms with Crippen molar-refractivity contribution in [3.8, 4) is 11.3 Å². The molecule has 1 saturated heterocycles. The van der Waals surface area contributed by atoms with Gasteiger partial charge in [-0.3, -0.25) is 4.79 Å². The summed E-state index contributed by atoms with van der Waals surface area (Å²) in [5.41, 5.74) is 1.39. The fourth-order valence-corrected chi connectivity index (χ4v) is 3.44. The summed E-state index contributed by atoms with van der Waals surface area (Å²) in [5.74, 6) is -0.468. The zero-order valence-corrected chi connectivity index (χ0v) is 15.9. The third-order valence-electron chi connectivity index (χ3n) is 4.74. The molecule has 1 aliphatic heterocycles. The first kappa shape index (κ1) is 19.0. The van der Waals surface area contributed by atoms with Crippen LogP contribution in [0.2, 0.25) is 5.02 Å². The SMILES string of the molecule is C=C1NC(=O)N[C@@H](c2ccc(-c3ccc(F)cc3)o2)[C@H]1C(=O)c1ccc(Cl)cc1. The number of amides is 2. The van der Waals surface area contributed by atoms with Crippen molar-refractivity contribution in [1.29, 1.82) is 0 Å². The molecule has 29 heavy (non-hydrogen) atoms. The highest BCUT2D eigenvalue weighted by Crippen LogP contribution is 2.35. The molecule has 1 aliphatic rings. The molecule has 1 fully saturated rings. The quantitative estimate of drug-likeness (QED) is 0.587. The Morgan fingerprint density at radius 1 is 1.03 bits per heavy atom. The molecular formula is C22H16ClFN2O3. The number of halogens is 2. The Hall–Kier alpha value is -3.38. The van der Waals surface area contributed by atoms with E-state index in [-0.39, 0.29) is 17.3 Å². The van der Waals surface area contributed by atoms with Crippen LogP contribution in [0.1, 0.15) is 22.2 Å². The Bertz CT molecular complexity index is 1090. The monoisotopic (exact) mass is 410 g/mol. The van der Waals surface area contributed by atoms with Crippen LogP contribution in [0.25, 0.3) is 11.3 Å². The van der Waals surface area contributed by atoms with Crippen LogP contribution in [-0.2, 0) is 0 Å². The summed E-state index contributed by atoms with van der Waals surface area (Å²) in [4.78, 5) is 25.2. The molecule has 0 saturated carbocycles. The number of urea groups is 1. The fourth-order valence-electron chi connectivity index (χ4n) is 3.31. The van der Waals surface area contributed by atoms with Gasteiger partial charge in [0.25, 0.3) is 0 Å². The van der Waals surface area contributed by atoms with Gasteiger partial charge in [0.15, 0.2) is 5.78 Å². The van der Waals surface area contributed by atoms with Crippen LogP contribution in [0.15, 0.2) is 77.4 Å². The first-order valence-corrected chi connectivity index (χ1v) is 9.22. The van der Waals surface area contributed by atoms with Crippen LogP contribution in [0.3, 0.4) is 0 Å². The minimum absolute atomic E-state index is 0.233. The molecule has 7 heteroatoms. The summed E-state index contributed by atoms with van der Waals surface area (Å²) in [6.07, 6.45) is 0. The normalized spacial score (nSPS) is 18.8. The van der Waals surface area contributed by atoms with E-state index < -0.39 is 18.0 Å². The number of benzene rings is 2. The van der Waals surface area contributed by atoms with Crippen molar-refractivity contribution in [1.82, 2.24) is 10.6 Å². The molecule has 2 amide bonds. The fraction of sp³-hybridized carbons (Fsp3) is 0.0909. The van der Waals surface area contributed by atoms with Crippen LogP contribution in [-0.4, -0.2) is 11.8 Å². The molecule has 0 unspecified atom stereocenters. The average molecular weight is 411 g/mol. The minimum Gasteiger partial charge on any atom is -0.459 e. The van der Waals surface area contributed by atoms with Crippen molar-refractivity contribution in [2.45, 2.75) is 6.04 Å². The number of carbonyl (C=O) groups is 2. The van der Waals surface area contributed by atoms with Gasteiger partial charge in [0.05, 0.1) is 5.92 Å². The predicted octanol–water partition coefficient (Wildman–Crippen LogP) is 5.11. The van der Waals surface area contributed by atoms with Crippen molar-refractivity contribution < 1.29 is 18.4 Å². The van der Waals surface area contributed by atoms with Gasteiger partial charge in [-0.2, -0.15) is 0 Å². The lowest BCUT2D eigenvalue weighted by molar-refractivity contribution is 0.0897. The minimum atomic E-state index is -0.777. The smallest absolute Gasteiger partial charge is 0.319 e. The lowest BCUT2D eigenvalue weighted by atomic mass is 9.85. The molecule has 5 nitrogen and oxygen atoms in total. The maximum absolute atomic E-state index is 13.2. The highest BCUT2D eigenvalue weighted by atomic mass is 35.5. The third kappa shape index (κ3) is 3.79. The van der Waals surface area contributed by atoms with Gasteiger partial charge in [0.1, 0.15) is 23.4 Å². The molecule has 4 rings (SSSR count). The number of carbonyl (C=O) groups excluding carboxylic acids is 2. The molecule has 0 aliphatic carbocycles. The lowest BCUT2D eigenvalue weighted by Gasteiger charge is -2.32. The van der Waals surface area contributed by atoms with E-state index in [1.165, 1.54) is 12.1 Å². The van der Waals surface area contributed by atoms with Gasteiger partial charge in [0, 0.05) is 21.8 Å². The average Bonchev–Trinajstić information content (AvgIpc) is 3.18. The Morgan fingerprint density at radius 3 is 2.41 bits per heavy atom. The predicted molar refractivity (Wildman–Crippen MR) is 107 cm³/mol. The van der Waals surface area contributed by atoms with Gasteiger partial charge >= 0.3 is 6.03 Å². The third-order valence-corrected chi connectivity index (χ3v) is 4.99.